The highest BCUT2D eigenvalue weighted by Crippen LogP contribution is 2.25. The summed E-state index contributed by atoms with van der Waals surface area (Å²) in [5, 5.41) is 6.66. The van der Waals surface area contributed by atoms with Gasteiger partial charge in [-0.3, -0.25) is 9.79 Å². The number of amides is 1. The standard InChI is InChI=1S/C23H30N4O3.HI/c1-24-23(25-11-9-17-7-8-21-19(13-17)10-12-29-21)26-15-18-5-4-6-20(14-18)30-16-22(28)27(2)3;/h4-8,13-14H,9-12,15-16H2,1-3H3,(H2,24,25,26);1H. The maximum Gasteiger partial charge on any atom is 0.259 e. The Bertz CT molecular complexity index is 902. The lowest BCUT2D eigenvalue weighted by molar-refractivity contribution is -0.130. The molecule has 1 amide bonds. The fourth-order valence-corrected chi connectivity index (χ4v) is 3.15. The molecule has 2 aromatic rings. The Morgan fingerprint density at radius 3 is 2.77 bits per heavy atom. The number of guanidine groups is 1. The van der Waals surface area contributed by atoms with Gasteiger partial charge in [-0.1, -0.05) is 24.3 Å². The van der Waals surface area contributed by atoms with Gasteiger partial charge >= 0.3 is 0 Å². The molecule has 168 valence electrons. The number of halogens is 1. The second-order valence-corrected chi connectivity index (χ2v) is 7.37. The molecule has 31 heavy (non-hydrogen) atoms. The van der Waals surface area contributed by atoms with E-state index in [0.29, 0.717) is 12.3 Å². The minimum absolute atomic E-state index is 0. The number of carbonyl (C=O) groups is 1. The second kappa shape index (κ2) is 12.4. The molecule has 0 aliphatic carbocycles. The number of hydrogen-bond donors (Lipinski definition) is 2. The summed E-state index contributed by atoms with van der Waals surface area (Å²) in [7, 11) is 5.18. The zero-order valence-electron chi connectivity index (χ0n) is 18.3. The van der Waals surface area contributed by atoms with Crippen LogP contribution in [-0.4, -0.2) is 57.7 Å². The highest BCUT2D eigenvalue weighted by atomic mass is 127. The van der Waals surface area contributed by atoms with Crippen molar-refractivity contribution in [2.75, 3.05) is 40.9 Å². The fourth-order valence-electron chi connectivity index (χ4n) is 3.15. The van der Waals surface area contributed by atoms with Gasteiger partial charge in [0.05, 0.1) is 6.61 Å². The van der Waals surface area contributed by atoms with E-state index in [0.717, 1.165) is 43.3 Å². The van der Waals surface area contributed by atoms with Crippen LogP contribution >= 0.6 is 24.0 Å². The lowest BCUT2D eigenvalue weighted by Gasteiger charge is -2.14. The molecular weight excluding hydrogens is 507 g/mol. The van der Waals surface area contributed by atoms with Crippen LogP contribution < -0.4 is 20.1 Å². The molecular formula is C23H31IN4O3. The first-order valence-corrected chi connectivity index (χ1v) is 10.2. The molecule has 3 rings (SSSR count). The predicted molar refractivity (Wildman–Crippen MR) is 134 cm³/mol. The van der Waals surface area contributed by atoms with Gasteiger partial charge in [0.15, 0.2) is 12.6 Å². The first-order valence-electron chi connectivity index (χ1n) is 10.2. The van der Waals surface area contributed by atoms with Gasteiger partial charge in [0.1, 0.15) is 11.5 Å². The normalized spacial score (nSPS) is 12.3. The van der Waals surface area contributed by atoms with Gasteiger partial charge in [-0.05, 0) is 41.3 Å². The van der Waals surface area contributed by atoms with Crippen LogP contribution in [0.15, 0.2) is 47.5 Å². The lowest BCUT2D eigenvalue weighted by Crippen LogP contribution is -2.37. The number of fused-ring (bicyclic) bond motifs is 1. The number of ether oxygens (including phenoxy) is 2. The molecule has 1 aliphatic rings. The minimum atomic E-state index is -0.0703. The van der Waals surface area contributed by atoms with E-state index in [1.54, 1.807) is 21.1 Å². The molecule has 0 bridgehead atoms. The summed E-state index contributed by atoms with van der Waals surface area (Å²) in [6.45, 7) is 2.21. The quantitative estimate of drug-likeness (QED) is 0.307. The van der Waals surface area contributed by atoms with Gasteiger partial charge in [-0.25, -0.2) is 0 Å². The zero-order chi connectivity index (χ0) is 21.3. The second-order valence-electron chi connectivity index (χ2n) is 7.37. The smallest absolute Gasteiger partial charge is 0.259 e. The maximum atomic E-state index is 11.7. The van der Waals surface area contributed by atoms with Crippen LogP contribution in [0, 0.1) is 0 Å². The number of nitrogens with one attached hydrogen (secondary N) is 2. The molecule has 8 heteroatoms. The number of hydrogen-bond acceptors (Lipinski definition) is 4. The summed E-state index contributed by atoms with van der Waals surface area (Å²) < 4.78 is 11.1. The molecule has 0 unspecified atom stereocenters. The summed E-state index contributed by atoms with van der Waals surface area (Å²) in [5.41, 5.74) is 3.63. The molecule has 0 saturated carbocycles. The van der Waals surface area contributed by atoms with Crippen molar-refractivity contribution in [3.8, 4) is 11.5 Å². The highest BCUT2D eigenvalue weighted by molar-refractivity contribution is 14.0. The predicted octanol–water partition coefficient (Wildman–Crippen LogP) is 2.61. The van der Waals surface area contributed by atoms with Gasteiger partial charge in [0.25, 0.3) is 5.91 Å². The molecule has 7 nitrogen and oxygen atoms in total. The van der Waals surface area contributed by atoms with Gasteiger partial charge in [0, 0.05) is 40.7 Å². The molecule has 0 saturated heterocycles. The average molecular weight is 538 g/mol. The van der Waals surface area contributed by atoms with Crippen LogP contribution in [0.4, 0.5) is 0 Å². The molecule has 2 N–H and O–H groups in total. The Balaban J connectivity index is 0.00000341. The summed E-state index contributed by atoms with van der Waals surface area (Å²) >= 11 is 0. The first-order chi connectivity index (χ1) is 14.5. The summed E-state index contributed by atoms with van der Waals surface area (Å²) in [6.07, 6.45) is 1.91. The monoisotopic (exact) mass is 538 g/mol. The number of likely N-dealkylation sites (N-methyl/N-ethyl adjacent to an activating group) is 1. The van der Waals surface area contributed by atoms with Crippen molar-refractivity contribution in [3.05, 3.63) is 59.2 Å². The van der Waals surface area contributed by atoms with Crippen LogP contribution in [0.5, 0.6) is 11.5 Å². The van der Waals surface area contributed by atoms with E-state index >= 15 is 0 Å². The van der Waals surface area contributed by atoms with Crippen LogP contribution in [0.25, 0.3) is 0 Å². The van der Waals surface area contributed by atoms with Crippen molar-refractivity contribution >= 4 is 35.8 Å². The third-order valence-electron chi connectivity index (χ3n) is 4.90. The Morgan fingerprint density at radius 1 is 1.16 bits per heavy atom. The van der Waals surface area contributed by atoms with E-state index in [1.165, 1.54) is 16.0 Å². The van der Waals surface area contributed by atoms with Crippen molar-refractivity contribution < 1.29 is 14.3 Å². The SMILES string of the molecule is CN=C(NCCc1ccc2c(c1)CCO2)NCc1cccc(OCC(=O)N(C)C)c1.I. The molecule has 0 spiro atoms. The van der Waals surface area contributed by atoms with Crippen LogP contribution in [-0.2, 0) is 24.2 Å². The Kier molecular flexibility index (Phi) is 9.90. The van der Waals surface area contributed by atoms with E-state index in [-0.39, 0.29) is 36.5 Å². The lowest BCUT2D eigenvalue weighted by atomic mass is 10.1. The first kappa shape index (κ1) is 24.8. The third-order valence-corrected chi connectivity index (χ3v) is 4.90. The molecule has 0 radical (unpaired) electrons. The van der Waals surface area contributed by atoms with E-state index in [1.807, 2.05) is 24.3 Å². The number of benzene rings is 2. The minimum Gasteiger partial charge on any atom is -0.493 e. The van der Waals surface area contributed by atoms with Crippen molar-refractivity contribution in [2.24, 2.45) is 4.99 Å². The molecule has 1 heterocycles. The van der Waals surface area contributed by atoms with E-state index < -0.39 is 0 Å². The van der Waals surface area contributed by atoms with Crippen LogP contribution in [0.1, 0.15) is 16.7 Å². The Morgan fingerprint density at radius 2 is 2.00 bits per heavy atom. The summed E-state index contributed by atoms with van der Waals surface area (Å²) in [5.74, 6) is 2.36. The van der Waals surface area contributed by atoms with Crippen molar-refractivity contribution in [3.63, 3.8) is 0 Å². The van der Waals surface area contributed by atoms with Crippen molar-refractivity contribution in [1.82, 2.24) is 15.5 Å². The van der Waals surface area contributed by atoms with Gasteiger partial charge in [0.2, 0.25) is 0 Å². The van der Waals surface area contributed by atoms with Crippen LogP contribution in [0.2, 0.25) is 0 Å². The third kappa shape index (κ3) is 7.61. The number of rotatable bonds is 8. The zero-order valence-corrected chi connectivity index (χ0v) is 20.6. The largest absolute Gasteiger partial charge is 0.493 e. The van der Waals surface area contributed by atoms with Crippen molar-refractivity contribution in [2.45, 2.75) is 19.4 Å². The van der Waals surface area contributed by atoms with Gasteiger partial charge < -0.3 is 25.0 Å². The molecule has 0 atom stereocenters. The average Bonchev–Trinajstić information content (AvgIpc) is 3.22. The maximum absolute atomic E-state index is 11.7. The number of carbonyl (C=O) groups excluding carboxylic acids is 1. The number of aliphatic imine (C=N–C) groups is 1. The summed E-state index contributed by atoms with van der Waals surface area (Å²) in [6, 6.07) is 14.1. The van der Waals surface area contributed by atoms with Gasteiger partial charge in [-0.15, -0.1) is 24.0 Å². The highest BCUT2D eigenvalue weighted by Gasteiger charge is 2.12. The Hall–Kier alpha value is -2.49. The number of nitrogens with zero attached hydrogens (tertiary/aromatic N) is 2. The van der Waals surface area contributed by atoms with E-state index in [4.69, 9.17) is 9.47 Å². The molecule has 0 fully saturated rings. The van der Waals surface area contributed by atoms with Crippen molar-refractivity contribution in [1.29, 1.82) is 0 Å². The molecule has 0 aromatic heterocycles. The Labute approximate surface area is 201 Å². The topological polar surface area (TPSA) is 75.2 Å². The van der Waals surface area contributed by atoms with Gasteiger partial charge in [-0.2, -0.15) is 0 Å². The summed E-state index contributed by atoms with van der Waals surface area (Å²) in [4.78, 5) is 17.5. The molecule has 2 aromatic carbocycles. The fraction of sp³-hybridized carbons (Fsp3) is 0.391. The van der Waals surface area contributed by atoms with E-state index in [9.17, 15) is 4.79 Å². The van der Waals surface area contributed by atoms with E-state index in [2.05, 4.69) is 33.8 Å². The molecule has 1 aliphatic heterocycles. The van der Waals surface area contributed by atoms with Crippen LogP contribution in [0.3, 0.4) is 0 Å².